The predicted octanol–water partition coefficient (Wildman–Crippen LogP) is 4.30. The molecule has 0 bridgehead atoms. The highest BCUT2D eigenvalue weighted by Crippen LogP contribution is 2.28. The van der Waals surface area contributed by atoms with E-state index in [2.05, 4.69) is 36.0 Å². The molecule has 0 fully saturated rings. The number of amides is 1. The third-order valence-corrected chi connectivity index (χ3v) is 7.10. The first-order valence-corrected chi connectivity index (χ1v) is 11.7. The Labute approximate surface area is 175 Å². The van der Waals surface area contributed by atoms with Crippen LogP contribution in [0.2, 0.25) is 0 Å². The van der Waals surface area contributed by atoms with Gasteiger partial charge in [-0.05, 0) is 59.8 Å². The number of nitrogens with one attached hydrogen (secondary N) is 2. The highest BCUT2D eigenvalue weighted by molar-refractivity contribution is 7.89. The first kappa shape index (κ1) is 21.2. The molecule has 152 valence electrons. The summed E-state index contributed by atoms with van der Waals surface area (Å²) in [5, 5.41) is 5.06. The van der Waals surface area contributed by atoms with Crippen LogP contribution in [0.5, 0.6) is 0 Å². The van der Waals surface area contributed by atoms with E-state index in [0.29, 0.717) is 11.5 Å². The Bertz CT molecular complexity index is 1060. The summed E-state index contributed by atoms with van der Waals surface area (Å²) in [6.07, 6.45) is 0. The maximum atomic E-state index is 12.9. The smallest absolute Gasteiger partial charge is 0.252 e. The van der Waals surface area contributed by atoms with Crippen LogP contribution in [0.3, 0.4) is 0 Å². The second kappa shape index (κ2) is 8.90. The van der Waals surface area contributed by atoms with Gasteiger partial charge in [-0.3, -0.25) is 4.79 Å². The minimum Gasteiger partial charge on any atom is -0.340 e. The first-order chi connectivity index (χ1) is 13.8. The van der Waals surface area contributed by atoms with E-state index in [0.717, 1.165) is 10.4 Å². The molecular weight excluding hydrogens is 404 g/mol. The van der Waals surface area contributed by atoms with Gasteiger partial charge in [-0.25, -0.2) is 13.1 Å². The van der Waals surface area contributed by atoms with Crippen molar-refractivity contribution in [1.29, 1.82) is 0 Å². The molecule has 2 N–H and O–H groups in total. The Balaban J connectivity index is 1.86. The summed E-state index contributed by atoms with van der Waals surface area (Å²) in [4.78, 5) is 14.0. The van der Waals surface area contributed by atoms with E-state index in [1.807, 2.05) is 29.6 Å². The van der Waals surface area contributed by atoms with Crippen LogP contribution in [0.1, 0.15) is 52.2 Å². The van der Waals surface area contributed by atoms with Crippen LogP contribution in [0.15, 0.2) is 70.9 Å². The van der Waals surface area contributed by atoms with Crippen molar-refractivity contribution >= 4 is 27.3 Å². The molecule has 1 aromatic heterocycles. The number of benzene rings is 2. The van der Waals surface area contributed by atoms with Gasteiger partial charge in [0, 0.05) is 10.4 Å². The van der Waals surface area contributed by atoms with Crippen molar-refractivity contribution in [3.8, 4) is 0 Å². The zero-order chi connectivity index (χ0) is 21.0. The topological polar surface area (TPSA) is 75.3 Å². The molecule has 1 heterocycles. The van der Waals surface area contributed by atoms with Gasteiger partial charge < -0.3 is 5.32 Å². The normalized spacial score (nSPS) is 12.7. The summed E-state index contributed by atoms with van der Waals surface area (Å²) in [6.45, 7) is 4.29. The molecule has 2 aromatic carbocycles. The standard InChI is InChI=1S/C22H24N2O3S2/c1-15(2)16-6-8-17(9-7-16)21(20-5-4-14-28-20)24-22(25)18-10-12-19(13-11-18)29(26,27)23-3/h4-15,21,23H,1-3H3,(H,24,25). The Morgan fingerprint density at radius 2 is 1.55 bits per heavy atom. The molecule has 29 heavy (non-hydrogen) atoms. The maximum absolute atomic E-state index is 12.9. The lowest BCUT2D eigenvalue weighted by molar-refractivity contribution is 0.0943. The molecule has 1 atom stereocenters. The van der Waals surface area contributed by atoms with Crippen LogP contribution < -0.4 is 10.0 Å². The van der Waals surface area contributed by atoms with Crippen molar-refractivity contribution in [3.05, 3.63) is 87.6 Å². The molecule has 5 nitrogen and oxygen atoms in total. The lowest BCUT2D eigenvalue weighted by Gasteiger charge is -2.19. The Morgan fingerprint density at radius 3 is 2.07 bits per heavy atom. The Hall–Kier alpha value is -2.48. The number of carbonyl (C=O) groups is 1. The minimum absolute atomic E-state index is 0.121. The quantitative estimate of drug-likeness (QED) is 0.589. The van der Waals surface area contributed by atoms with Crippen molar-refractivity contribution in [2.45, 2.75) is 30.7 Å². The largest absolute Gasteiger partial charge is 0.340 e. The van der Waals surface area contributed by atoms with E-state index in [-0.39, 0.29) is 16.8 Å². The average molecular weight is 429 g/mol. The molecule has 0 saturated heterocycles. The second-order valence-electron chi connectivity index (χ2n) is 6.98. The molecular formula is C22H24N2O3S2. The zero-order valence-corrected chi connectivity index (χ0v) is 18.2. The summed E-state index contributed by atoms with van der Waals surface area (Å²) in [5.41, 5.74) is 2.64. The Kier molecular flexibility index (Phi) is 6.52. The molecule has 0 aliphatic carbocycles. The fourth-order valence-electron chi connectivity index (χ4n) is 2.97. The zero-order valence-electron chi connectivity index (χ0n) is 16.5. The van der Waals surface area contributed by atoms with E-state index < -0.39 is 10.0 Å². The molecule has 0 saturated carbocycles. The van der Waals surface area contributed by atoms with E-state index in [1.165, 1.54) is 36.9 Å². The van der Waals surface area contributed by atoms with Gasteiger partial charge in [0.25, 0.3) is 5.91 Å². The number of hydrogen-bond donors (Lipinski definition) is 2. The van der Waals surface area contributed by atoms with Gasteiger partial charge in [-0.1, -0.05) is 44.2 Å². The van der Waals surface area contributed by atoms with Crippen LogP contribution in [0.25, 0.3) is 0 Å². The fraction of sp³-hybridized carbons (Fsp3) is 0.227. The van der Waals surface area contributed by atoms with Crippen molar-refractivity contribution < 1.29 is 13.2 Å². The molecule has 0 aliphatic heterocycles. The van der Waals surface area contributed by atoms with Crippen molar-refractivity contribution in [2.75, 3.05) is 7.05 Å². The van der Waals surface area contributed by atoms with E-state index in [1.54, 1.807) is 11.3 Å². The summed E-state index contributed by atoms with van der Waals surface area (Å²) < 4.78 is 26.0. The first-order valence-electron chi connectivity index (χ1n) is 9.29. The molecule has 3 aromatic rings. The van der Waals surface area contributed by atoms with Gasteiger partial charge in [0.05, 0.1) is 10.9 Å². The maximum Gasteiger partial charge on any atom is 0.252 e. The van der Waals surface area contributed by atoms with E-state index in [4.69, 9.17) is 0 Å². The van der Waals surface area contributed by atoms with Gasteiger partial charge in [-0.2, -0.15) is 0 Å². The molecule has 0 radical (unpaired) electrons. The summed E-state index contributed by atoms with van der Waals surface area (Å²) in [7, 11) is -2.18. The molecule has 3 rings (SSSR count). The van der Waals surface area contributed by atoms with E-state index >= 15 is 0 Å². The molecule has 7 heteroatoms. The van der Waals surface area contributed by atoms with Crippen LogP contribution in [0.4, 0.5) is 0 Å². The number of hydrogen-bond acceptors (Lipinski definition) is 4. The highest BCUT2D eigenvalue weighted by atomic mass is 32.2. The molecule has 0 aliphatic rings. The monoisotopic (exact) mass is 428 g/mol. The van der Waals surface area contributed by atoms with Crippen LogP contribution in [0, 0.1) is 0 Å². The summed E-state index contributed by atoms with van der Waals surface area (Å²) >= 11 is 1.58. The number of carbonyl (C=O) groups excluding carboxylic acids is 1. The molecule has 1 unspecified atom stereocenters. The van der Waals surface area contributed by atoms with Crippen molar-refractivity contribution in [3.63, 3.8) is 0 Å². The van der Waals surface area contributed by atoms with Gasteiger partial charge in [0.1, 0.15) is 0 Å². The predicted molar refractivity (Wildman–Crippen MR) is 117 cm³/mol. The number of sulfonamides is 1. The molecule has 1 amide bonds. The lowest BCUT2D eigenvalue weighted by Crippen LogP contribution is -2.29. The van der Waals surface area contributed by atoms with Crippen molar-refractivity contribution in [1.82, 2.24) is 10.0 Å². The SMILES string of the molecule is CNS(=O)(=O)c1ccc(C(=O)NC(c2ccc(C(C)C)cc2)c2cccs2)cc1. The van der Waals surface area contributed by atoms with Crippen LogP contribution >= 0.6 is 11.3 Å². The van der Waals surface area contributed by atoms with E-state index in [9.17, 15) is 13.2 Å². The van der Waals surface area contributed by atoms with Gasteiger partial charge >= 0.3 is 0 Å². The van der Waals surface area contributed by atoms with Gasteiger partial charge in [-0.15, -0.1) is 11.3 Å². The summed E-state index contributed by atoms with van der Waals surface area (Å²) in [5.74, 6) is 0.177. The van der Waals surface area contributed by atoms with Gasteiger partial charge in [0.2, 0.25) is 10.0 Å². The van der Waals surface area contributed by atoms with Crippen LogP contribution in [-0.2, 0) is 10.0 Å². The van der Waals surface area contributed by atoms with Crippen molar-refractivity contribution in [2.24, 2.45) is 0 Å². The summed E-state index contributed by atoms with van der Waals surface area (Å²) in [6, 6.07) is 17.8. The molecule has 0 spiro atoms. The number of rotatable bonds is 7. The highest BCUT2D eigenvalue weighted by Gasteiger charge is 2.20. The third kappa shape index (κ3) is 4.93. The average Bonchev–Trinajstić information content (AvgIpc) is 3.26. The van der Waals surface area contributed by atoms with Gasteiger partial charge in [0.15, 0.2) is 0 Å². The third-order valence-electron chi connectivity index (χ3n) is 4.74. The Morgan fingerprint density at radius 1 is 0.931 bits per heavy atom. The fourth-order valence-corrected chi connectivity index (χ4v) is 4.50. The minimum atomic E-state index is -3.53. The lowest BCUT2D eigenvalue weighted by atomic mass is 9.98. The second-order valence-corrected chi connectivity index (χ2v) is 9.84. The van der Waals surface area contributed by atoms with Crippen LogP contribution in [-0.4, -0.2) is 21.4 Å². The number of thiophene rings is 1.